The summed E-state index contributed by atoms with van der Waals surface area (Å²) >= 11 is 0. The molecule has 0 bridgehead atoms. The minimum atomic E-state index is -0.661. The van der Waals surface area contributed by atoms with Crippen molar-refractivity contribution in [2.75, 3.05) is 19.8 Å². The quantitative estimate of drug-likeness (QED) is 0.178. The summed E-state index contributed by atoms with van der Waals surface area (Å²) in [4.78, 5) is 65.5. The Morgan fingerprint density at radius 1 is 0.708 bits per heavy atom. The molecule has 3 N–H and O–H groups in total. The number of aryl methyl sites for hydroxylation is 4. The second-order valence-electron chi connectivity index (χ2n) is 11.1. The van der Waals surface area contributed by atoms with Crippen molar-refractivity contribution in [1.29, 1.82) is 0 Å². The Balaban J connectivity index is 0.000000687. The van der Waals surface area contributed by atoms with E-state index >= 15 is 0 Å². The van der Waals surface area contributed by atoms with Crippen molar-refractivity contribution in [3.05, 3.63) is 69.1 Å². The van der Waals surface area contributed by atoms with Crippen molar-refractivity contribution in [1.82, 2.24) is 15.0 Å². The fourth-order valence-corrected chi connectivity index (χ4v) is 5.80. The first-order chi connectivity index (χ1) is 21.5. The Morgan fingerprint density at radius 2 is 1.23 bits per heavy atom. The van der Waals surface area contributed by atoms with E-state index in [9.17, 15) is 24.0 Å². The fraction of sp³-hybridized carbons (Fsp3) is 0.528. The van der Waals surface area contributed by atoms with Crippen LogP contribution < -0.4 is 0 Å². The van der Waals surface area contributed by atoms with Gasteiger partial charge < -0.3 is 33.9 Å². The number of hydrogen-bond acceptors (Lipinski definition) is 9. The summed E-state index contributed by atoms with van der Waals surface area (Å²) in [5, 5.41) is 0. The monoisotopic (exact) mass is 672 g/mol. The van der Waals surface area contributed by atoms with Gasteiger partial charge >= 0.3 is 25.3 Å². The van der Waals surface area contributed by atoms with Gasteiger partial charge in [-0.1, -0.05) is 22.3 Å². The minimum Gasteiger partial charge on any atom is -0.461 e. The lowest BCUT2D eigenvalue weighted by molar-refractivity contribution is -0.156. The van der Waals surface area contributed by atoms with Crippen molar-refractivity contribution < 1.29 is 44.3 Å². The largest absolute Gasteiger partial charge is 1.00 e. The highest BCUT2D eigenvalue weighted by Crippen LogP contribution is 2.39. The van der Waals surface area contributed by atoms with E-state index in [-0.39, 0.29) is 47.4 Å². The minimum absolute atomic E-state index is 0. The van der Waals surface area contributed by atoms with E-state index < -0.39 is 11.6 Å². The SMILES string of the molecule is C.C.C.CCOC(=O)c1cc2c([nH]1)C(=O)CC2.CCOC(=O)c1cc2c([nH]1)C(C)(OC(C)=O)CC2.CCOC(=O)c1cc2c([nH]1)CCC2.[H+]. The molecule has 3 aromatic heterocycles. The van der Waals surface area contributed by atoms with Gasteiger partial charge in [0.25, 0.3) is 0 Å². The van der Waals surface area contributed by atoms with Crippen LogP contribution in [0.25, 0.3) is 0 Å². The average Bonchev–Trinajstić information content (AvgIpc) is 3.81. The van der Waals surface area contributed by atoms with Crippen LogP contribution in [-0.2, 0) is 55.0 Å². The lowest BCUT2D eigenvalue weighted by Gasteiger charge is -2.23. The molecule has 0 amide bonds. The van der Waals surface area contributed by atoms with Gasteiger partial charge in [-0.2, -0.15) is 0 Å². The number of carbonyl (C=O) groups excluding carboxylic acids is 5. The highest BCUT2D eigenvalue weighted by atomic mass is 16.6. The van der Waals surface area contributed by atoms with Gasteiger partial charge in [-0.3, -0.25) is 9.59 Å². The van der Waals surface area contributed by atoms with Gasteiger partial charge in [0.1, 0.15) is 22.7 Å². The van der Waals surface area contributed by atoms with Crippen LogP contribution in [0.15, 0.2) is 18.2 Å². The van der Waals surface area contributed by atoms with Crippen LogP contribution in [0.5, 0.6) is 0 Å². The molecule has 3 aliphatic carbocycles. The van der Waals surface area contributed by atoms with Crippen molar-refractivity contribution in [3.8, 4) is 0 Å². The van der Waals surface area contributed by atoms with Crippen molar-refractivity contribution in [3.63, 3.8) is 0 Å². The Morgan fingerprint density at radius 3 is 1.75 bits per heavy atom. The number of nitrogens with one attached hydrogen (secondary N) is 3. The van der Waals surface area contributed by atoms with Crippen LogP contribution >= 0.6 is 0 Å². The third-order valence-corrected chi connectivity index (χ3v) is 7.82. The molecule has 1 atom stereocenters. The zero-order valence-electron chi connectivity index (χ0n) is 27.5. The highest BCUT2D eigenvalue weighted by Gasteiger charge is 2.40. The van der Waals surface area contributed by atoms with E-state index in [0.717, 1.165) is 48.9 Å². The lowest BCUT2D eigenvalue weighted by atomic mass is 10.0. The molecule has 0 radical (unpaired) electrons. The van der Waals surface area contributed by atoms with Crippen molar-refractivity contribution in [2.45, 2.75) is 107 Å². The molecule has 0 saturated heterocycles. The second-order valence-corrected chi connectivity index (χ2v) is 11.1. The third kappa shape index (κ3) is 9.48. The van der Waals surface area contributed by atoms with Gasteiger partial charge in [-0.25, -0.2) is 14.4 Å². The zero-order valence-corrected chi connectivity index (χ0v) is 26.5. The molecule has 12 nitrogen and oxygen atoms in total. The van der Waals surface area contributed by atoms with Gasteiger partial charge in [0.05, 0.1) is 31.2 Å². The summed E-state index contributed by atoms with van der Waals surface area (Å²) < 4.78 is 20.0. The number of Topliss-reactive ketones (excluding diaryl/α,β-unsaturated/α-hetero) is 1. The summed E-state index contributed by atoms with van der Waals surface area (Å²) in [5.41, 5.74) is 6.56. The summed E-state index contributed by atoms with van der Waals surface area (Å²) in [6.45, 7) is 9.68. The maximum Gasteiger partial charge on any atom is 1.00 e. The molecule has 3 aliphatic rings. The van der Waals surface area contributed by atoms with E-state index in [0.29, 0.717) is 49.0 Å². The molecule has 3 aromatic rings. The Kier molecular flexibility index (Phi) is 15.6. The number of carbonyl (C=O) groups is 5. The summed E-state index contributed by atoms with van der Waals surface area (Å²) in [5.74, 6) is -1.25. The molecule has 1 unspecified atom stereocenters. The third-order valence-electron chi connectivity index (χ3n) is 7.82. The molecule has 6 rings (SSSR count). The predicted octanol–water partition coefficient (Wildman–Crippen LogP) is 6.94. The predicted molar refractivity (Wildman–Crippen MR) is 184 cm³/mol. The molecule has 0 aromatic carbocycles. The number of hydrogen-bond donors (Lipinski definition) is 3. The Bertz CT molecular complexity index is 1560. The second kappa shape index (κ2) is 18.1. The number of H-pyrrole nitrogens is 3. The number of rotatable bonds is 7. The van der Waals surface area contributed by atoms with Crippen molar-refractivity contribution in [2.24, 2.45) is 0 Å². The van der Waals surface area contributed by atoms with E-state index in [4.69, 9.17) is 18.9 Å². The molecular formula is C36H54N3O9+. The molecule has 12 heteroatoms. The van der Waals surface area contributed by atoms with E-state index in [2.05, 4.69) is 15.0 Å². The highest BCUT2D eigenvalue weighted by molar-refractivity contribution is 6.01. The number of aromatic nitrogens is 3. The maximum atomic E-state index is 11.6. The van der Waals surface area contributed by atoms with Gasteiger partial charge in [0, 0.05) is 19.0 Å². The summed E-state index contributed by atoms with van der Waals surface area (Å²) in [6, 6.07) is 5.40. The molecule has 266 valence electrons. The molecular weight excluding hydrogens is 618 g/mol. The van der Waals surface area contributed by atoms with Crippen LogP contribution in [-0.4, -0.2) is 64.4 Å². The first kappa shape index (κ1) is 41.4. The number of esters is 4. The lowest BCUT2D eigenvalue weighted by Crippen LogP contribution is -2.26. The molecule has 0 fully saturated rings. The van der Waals surface area contributed by atoms with Crippen LogP contribution in [0, 0.1) is 0 Å². The number of fused-ring (bicyclic) bond motifs is 3. The molecule has 0 aliphatic heterocycles. The van der Waals surface area contributed by atoms with Crippen LogP contribution in [0.3, 0.4) is 0 Å². The standard InChI is InChI=1S/C13H17NO4.C10H11NO3.C10H13NO2.3CH4/c1-4-17-12(16)10-7-9-5-6-13(3,11(9)14-10)18-8(2)15;1-2-14-10(13)7-5-6-3-4-8(12)9(6)11-7;1-2-13-10(12)9-6-7-4-3-5-8(7)11-9;;;/h7,14H,4-6H2,1-3H3;5,11H,2-4H2,1H3;6,11H,2-5H2,1H3;3*1H4/p+1. The molecule has 48 heavy (non-hydrogen) atoms. The maximum absolute atomic E-state index is 11.6. The first-order valence-electron chi connectivity index (χ1n) is 15.4. The van der Waals surface area contributed by atoms with Crippen molar-refractivity contribution >= 4 is 29.7 Å². The number of aromatic amines is 3. The molecule has 0 saturated carbocycles. The molecule has 3 heterocycles. The van der Waals surface area contributed by atoms with Gasteiger partial charge in [-0.15, -0.1) is 0 Å². The average molecular weight is 673 g/mol. The van der Waals surface area contributed by atoms with E-state index in [1.54, 1.807) is 26.0 Å². The van der Waals surface area contributed by atoms with Crippen LogP contribution in [0.1, 0.15) is 148 Å². The van der Waals surface area contributed by atoms with Gasteiger partial charge in [0.15, 0.2) is 5.78 Å². The normalized spacial score (nSPS) is 16.1. The Labute approximate surface area is 285 Å². The zero-order chi connectivity index (χ0) is 32.7. The van der Waals surface area contributed by atoms with Gasteiger partial charge in [0.2, 0.25) is 0 Å². The fourth-order valence-electron chi connectivity index (χ4n) is 5.80. The smallest absolute Gasteiger partial charge is 0.461 e. The van der Waals surface area contributed by atoms with E-state index in [1.807, 2.05) is 19.9 Å². The van der Waals surface area contributed by atoms with Gasteiger partial charge in [-0.05, 0) is 101 Å². The Hall–Kier alpha value is -4.61. The van der Waals surface area contributed by atoms with E-state index in [1.165, 1.54) is 24.6 Å². The van der Waals surface area contributed by atoms with Crippen LogP contribution in [0.4, 0.5) is 0 Å². The van der Waals surface area contributed by atoms with Crippen LogP contribution in [0.2, 0.25) is 0 Å². The first-order valence-corrected chi connectivity index (χ1v) is 15.4. The topological polar surface area (TPSA) is 170 Å². The number of ether oxygens (including phenoxy) is 4. The molecule has 0 spiro atoms. The summed E-state index contributed by atoms with van der Waals surface area (Å²) in [7, 11) is 0. The summed E-state index contributed by atoms with van der Waals surface area (Å²) in [6.07, 6.45) is 6.14. The number of ketones is 1.